The molecule has 0 spiro atoms. The van der Waals surface area contributed by atoms with Gasteiger partial charge in [-0.25, -0.2) is 5.32 Å². The third kappa shape index (κ3) is 4.75. The lowest BCUT2D eigenvalue weighted by molar-refractivity contribution is 0.578. The van der Waals surface area contributed by atoms with E-state index in [2.05, 4.69) is 95.4 Å². The molecule has 3 rings (SSSR count). The van der Waals surface area contributed by atoms with Crippen molar-refractivity contribution in [3.63, 3.8) is 0 Å². The van der Waals surface area contributed by atoms with E-state index in [0.717, 1.165) is 22.7 Å². The van der Waals surface area contributed by atoms with E-state index in [1.54, 1.807) is 0 Å². The zero-order chi connectivity index (χ0) is 20.4. The summed E-state index contributed by atoms with van der Waals surface area (Å²) < 4.78 is 0. The fourth-order valence-electron chi connectivity index (χ4n) is 3.32. The summed E-state index contributed by atoms with van der Waals surface area (Å²) in [7, 11) is 0. The highest BCUT2D eigenvalue weighted by Crippen LogP contribution is 2.41. The van der Waals surface area contributed by atoms with Crippen LogP contribution in [0.1, 0.15) is 52.7 Å². The van der Waals surface area contributed by atoms with Crippen LogP contribution in [0.5, 0.6) is 0 Å². The fraction of sp³-hybridized carbons (Fsp3) is 0.308. The summed E-state index contributed by atoms with van der Waals surface area (Å²) in [4.78, 5) is 0. The molecule has 0 fully saturated rings. The number of rotatable bonds is 4. The van der Waals surface area contributed by atoms with E-state index >= 15 is 0 Å². The van der Waals surface area contributed by atoms with Gasteiger partial charge in [0.15, 0.2) is 0 Å². The van der Waals surface area contributed by atoms with Crippen LogP contribution in [0.4, 0.5) is 22.7 Å². The minimum absolute atomic E-state index is 0.00547. The molecule has 28 heavy (non-hydrogen) atoms. The summed E-state index contributed by atoms with van der Waals surface area (Å²) in [6.07, 6.45) is 0. The normalized spacial score (nSPS) is 11.9. The van der Waals surface area contributed by atoms with E-state index < -0.39 is 0 Å². The Bertz CT molecular complexity index is 835. The number of benzene rings is 3. The summed E-state index contributed by atoms with van der Waals surface area (Å²) in [5, 5.41) is 8.64. The van der Waals surface area contributed by atoms with Crippen LogP contribution in [0.15, 0.2) is 72.8 Å². The average molecular weight is 372 g/mol. The van der Waals surface area contributed by atoms with Crippen molar-refractivity contribution in [3.05, 3.63) is 83.9 Å². The molecule has 3 aromatic carbocycles. The first kappa shape index (κ1) is 20.0. The van der Waals surface area contributed by atoms with Crippen molar-refractivity contribution in [2.24, 2.45) is 0 Å². The zero-order valence-corrected chi connectivity index (χ0v) is 17.9. The van der Waals surface area contributed by atoms with Crippen LogP contribution in [-0.4, -0.2) is 0 Å². The predicted molar refractivity (Wildman–Crippen MR) is 121 cm³/mol. The smallest absolute Gasteiger partial charge is 0.0678 e. The number of hydrogen-bond acceptors (Lipinski definition) is 1. The van der Waals surface area contributed by atoms with Gasteiger partial charge < -0.3 is 5.32 Å². The number of hydrogen-bond donors (Lipinski definition) is 1. The first-order valence-electron chi connectivity index (χ1n) is 9.92. The number of anilines is 2. The molecule has 1 radical (unpaired) electrons. The molecule has 3 aromatic rings. The van der Waals surface area contributed by atoms with Crippen LogP contribution in [0.25, 0.3) is 0 Å². The lowest BCUT2D eigenvalue weighted by atomic mass is 9.79. The van der Waals surface area contributed by atoms with E-state index in [-0.39, 0.29) is 10.8 Å². The average Bonchev–Trinajstić information content (AvgIpc) is 2.62. The van der Waals surface area contributed by atoms with Crippen LogP contribution in [0.2, 0.25) is 0 Å². The van der Waals surface area contributed by atoms with E-state index in [4.69, 9.17) is 5.32 Å². The van der Waals surface area contributed by atoms with Crippen LogP contribution in [-0.2, 0) is 10.8 Å². The second-order valence-corrected chi connectivity index (χ2v) is 9.35. The van der Waals surface area contributed by atoms with Crippen LogP contribution >= 0.6 is 0 Å². The van der Waals surface area contributed by atoms with Gasteiger partial charge in [0.05, 0.1) is 11.4 Å². The van der Waals surface area contributed by atoms with Gasteiger partial charge in [-0.15, -0.1) is 0 Å². The van der Waals surface area contributed by atoms with Gasteiger partial charge in [0.25, 0.3) is 0 Å². The maximum absolute atomic E-state index is 5.00. The van der Waals surface area contributed by atoms with E-state index in [1.165, 1.54) is 11.1 Å². The first-order chi connectivity index (χ1) is 13.1. The van der Waals surface area contributed by atoms with Crippen molar-refractivity contribution in [2.75, 3.05) is 5.32 Å². The van der Waals surface area contributed by atoms with E-state index in [9.17, 15) is 0 Å². The lowest BCUT2D eigenvalue weighted by Crippen LogP contribution is -2.19. The van der Waals surface area contributed by atoms with Gasteiger partial charge in [0.1, 0.15) is 0 Å². The third-order valence-corrected chi connectivity index (χ3v) is 4.81. The molecule has 0 aliphatic rings. The maximum Gasteiger partial charge on any atom is 0.0678 e. The molecule has 0 saturated heterocycles. The molecule has 0 unspecified atom stereocenters. The molecule has 2 heteroatoms. The Morgan fingerprint density at radius 2 is 1.18 bits per heavy atom. The molecule has 0 atom stereocenters. The Morgan fingerprint density at radius 1 is 0.643 bits per heavy atom. The number of para-hydroxylation sites is 2. The zero-order valence-electron chi connectivity index (χ0n) is 17.9. The molecular weight excluding hydrogens is 340 g/mol. The summed E-state index contributed by atoms with van der Waals surface area (Å²) in [5.74, 6) is 0. The summed E-state index contributed by atoms with van der Waals surface area (Å²) >= 11 is 0. The van der Waals surface area contributed by atoms with Crippen LogP contribution in [0, 0.1) is 0 Å². The third-order valence-electron chi connectivity index (χ3n) is 4.81. The fourth-order valence-corrected chi connectivity index (χ4v) is 3.32. The van der Waals surface area contributed by atoms with Crippen LogP contribution in [0.3, 0.4) is 0 Å². The van der Waals surface area contributed by atoms with Gasteiger partial charge in [-0.2, -0.15) is 0 Å². The van der Waals surface area contributed by atoms with Gasteiger partial charge in [-0.05, 0) is 58.4 Å². The van der Waals surface area contributed by atoms with Crippen molar-refractivity contribution in [1.29, 1.82) is 0 Å². The molecule has 0 aliphatic heterocycles. The molecular formula is C26H31N2. The summed E-state index contributed by atoms with van der Waals surface area (Å²) in [6.45, 7) is 13.5. The minimum atomic E-state index is -0.0167. The number of nitrogens with one attached hydrogen (secondary N) is 1. The van der Waals surface area contributed by atoms with Crippen LogP contribution < -0.4 is 10.6 Å². The summed E-state index contributed by atoms with van der Waals surface area (Å²) in [6, 6.07) is 25.1. The van der Waals surface area contributed by atoms with Gasteiger partial charge in [0.2, 0.25) is 0 Å². The maximum atomic E-state index is 5.00. The van der Waals surface area contributed by atoms with Crippen molar-refractivity contribution in [1.82, 2.24) is 5.32 Å². The Hall–Kier alpha value is -2.74. The molecule has 0 aromatic heterocycles. The summed E-state index contributed by atoms with van der Waals surface area (Å²) in [5.41, 5.74) is 6.75. The second kappa shape index (κ2) is 7.71. The van der Waals surface area contributed by atoms with Gasteiger partial charge in [-0.3, -0.25) is 0 Å². The topological polar surface area (TPSA) is 26.1 Å². The minimum Gasteiger partial charge on any atom is -0.355 e. The van der Waals surface area contributed by atoms with Crippen molar-refractivity contribution >= 4 is 22.7 Å². The number of nitrogens with zero attached hydrogens (tertiary/aromatic N) is 1. The van der Waals surface area contributed by atoms with E-state index in [0.29, 0.717) is 0 Å². The van der Waals surface area contributed by atoms with Gasteiger partial charge in [-0.1, -0.05) is 77.9 Å². The highest BCUT2D eigenvalue weighted by molar-refractivity contribution is 5.71. The molecule has 0 bridgehead atoms. The molecule has 145 valence electrons. The largest absolute Gasteiger partial charge is 0.355 e. The first-order valence-corrected chi connectivity index (χ1v) is 9.92. The lowest BCUT2D eigenvalue weighted by Gasteiger charge is -2.29. The monoisotopic (exact) mass is 371 g/mol. The predicted octanol–water partition coefficient (Wildman–Crippen LogP) is 7.59. The van der Waals surface area contributed by atoms with Gasteiger partial charge >= 0.3 is 0 Å². The molecule has 2 nitrogen and oxygen atoms in total. The Labute approximate surface area is 170 Å². The molecule has 0 saturated carbocycles. The highest BCUT2D eigenvalue weighted by atomic mass is 14.9. The molecule has 0 aliphatic carbocycles. The van der Waals surface area contributed by atoms with E-state index in [1.807, 2.05) is 24.3 Å². The quantitative estimate of drug-likeness (QED) is 0.502. The molecule has 0 amide bonds. The van der Waals surface area contributed by atoms with Crippen molar-refractivity contribution in [2.45, 2.75) is 52.4 Å². The van der Waals surface area contributed by atoms with Gasteiger partial charge in [0, 0.05) is 11.4 Å². The second-order valence-electron chi connectivity index (χ2n) is 9.35. The molecule has 1 N–H and O–H groups in total. The van der Waals surface area contributed by atoms with Crippen molar-refractivity contribution < 1.29 is 0 Å². The Kier molecular flexibility index (Phi) is 5.51. The Morgan fingerprint density at radius 3 is 1.71 bits per heavy atom. The standard InChI is InChI=1S/C26H31N2/c1-25(2,3)21-17-24(28-20-15-11-8-12-16-20)22(26(4,5)6)18-23(21)27-19-13-9-7-10-14-19/h7-18,27H,1-6H3. The highest BCUT2D eigenvalue weighted by Gasteiger charge is 2.26. The Balaban J connectivity index is 2.14. The molecule has 0 heterocycles. The van der Waals surface area contributed by atoms with Crippen molar-refractivity contribution in [3.8, 4) is 0 Å². The SMILES string of the molecule is CC(C)(C)c1cc(Nc2ccccc2)c(C(C)(C)C)cc1[N]c1ccccc1.